The molecule has 1 saturated carbocycles. The number of rotatable bonds is 4. The number of aryl methyl sites for hydroxylation is 2. The standard InChI is InChI=1S/C14H21BrN2O2S.ClH/c1-9-7-14(10(2)6-12(9)15)20(18,19)17-13-5-3-4-11(13)8-16;/h6-7,11,13,17H,3-5,8,16H2,1-2H3;1H. The summed E-state index contributed by atoms with van der Waals surface area (Å²) in [6.45, 7) is 4.24. The lowest BCUT2D eigenvalue weighted by Gasteiger charge is -2.20. The molecular formula is C14H22BrClN2O2S. The number of halogens is 2. The Morgan fingerprint density at radius 2 is 1.95 bits per heavy atom. The van der Waals surface area contributed by atoms with Gasteiger partial charge in [0.2, 0.25) is 10.0 Å². The number of nitrogens with two attached hydrogens (primary N) is 1. The van der Waals surface area contributed by atoms with Crippen molar-refractivity contribution in [3.63, 3.8) is 0 Å². The van der Waals surface area contributed by atoms with E-state index in [4.69, 9.17) is 5.73 Å². The molecule has 0 spiro atoms. The normalized spacial score (nSPS) is 22.1. The second-order valence-electron chi connectivity index (χ2n) is 5.52. The Morgan fingerprint density at radius 1 is 1.29 bits per heavy atom. The Morgan fingerprint density at radius 3 is 2.57 bits per heavy atom. The zero-order chi connectivity index (χ0) is 14.9. The molecule has 0 radical (unpaired) electrons. The first kappa shape index (κ1) is 18.9. The molecule has 0 aromatic heterocycles. The van der Waals surface area contributed by atoms with Gasteiger partial charge < -0.3 is 5.73 Å². The van der Waals surface area contributed by atoms with Crippen molar-refractivity contribution >= 4 is 38.4 Å². The molecule has 1 aliphatic rings. The second kappa shape index (κ2) is 7.42. The van der Waals surface area contributed by atoms with Crippen molar-refractivity contribution in [2.75, 3.05) is 6.54 Å². The van der Waals surface area contributed by atoms with E-state index in [2.05, 4.69) is 20.7 Å². The molecule has 1 fully saturated rings. The Hall–Kier alpha value is -0.140. The summed E-state index contributed by atoms with van der Waals surface area (Å²) in [4.78, 5) is 0.362. The quantitative estimate of drug-likeness (QED) is 0.820. The van der Waals surface area contributed by atoms with Crippen molar-refractivity contribution in [2.45, 2.75) is 44.0 Å². The van der Waals surface area contributed by atoms with Crippen LogP contribution >= 0.6 is 28.3 Å². The van der Waals surface area contributed by atoms with Crippen LogP contribution in [0.3, 0.4) is 0 Å². The van der Waals surface area contributed by atoms with Gasteiger partial charge in [0.15, 0.2) is 0 Å². The fourth-order valence-electron chi connectivity index (χ4n) is 2.78. The van der Waals surface area contributed by atoms with E-state index in [1.54, 1.807) is 6.07 Å². The lowest BCUT2D eigenvalue weighted by atomic mass is 10.1. The highest BCUT2D eigenvalue weighted by atomic mass is 79.9. The molecule has 3 N–H and O–H groups in total. The molecule has 1 aromatic carbocycles. The first-order valence-corrected chi connectivity index (χ1v) is 9.12. The van der Waals surface area contributed by atoms with Gasteiger partial charge in [-0.1, -0.05) is 22.4 Å². The highest BCUT2D eigenvalue weighted by molar-refractivity contribution is 9.10. The zero-order valence-corrected chi connectivity index (χ0v) is 15.4. The monoisotopic (exact) mass is 396 g/mol. The Labute approximate surface area is 141 Å². The fraction of sp³-hybridized carbons (Fsp3) is 0.571. The summed E-state index contributed by atoms with van der Waals surface area (Å²) in [5.41, 5.74) is 7.38. The summed E-state index contributed by atoms with van der Waals surface area (Å²) in [6.07, 6.45) is 2.91. The summed E-state index contributed by atoms with van der Waals surface area (Å²) in [6, 6.07) is 3.53. The molecule has 2 unspecified atom stereocenters. The van der Waals surface area contributed by atoms with Crippen LogP contribution in [0.25, 0.3) is 0 Å². The minimum Gasteiger partial charge on any atom is -0.330 e. The van der Waals surface area contributed by atoms with Gasteiger partial charge in [0.05, 0.1) is 4.90 Å². The molecule has 0 saturated heterocycles. The van der Waals surface area contributed by atoms with Gasteiger partial charge in [-0.25, -0.2) is 13.1 Å². The van der Waals surface area contributed by atoms with Crippen molar-refractivity contribution < 1.29 is 8.42 Å². The smallest absolute Gasteiger partial charge is 0.241 e. The van der Waals surface area contributed by atoms with E-state index >= 15 is 0 Å². The van der Waals surface area contributed by atoms with Gasteiger partial charge in [0, 0.05) is 10.5 Å². The zero-order valence-electron chi connectivity index (χ0n) is 12.2. The Kier molecular flexibility index (Phi) is 6.68. The number of nitrogens with one attached hydrogen (secondary N) is 1. The third-order valence-corrected chi connectivity index (χ3v) is 6.50. The van der Waals surface area contributed by atoms with Crippen LogP contribution in [-0.2, 0) is 10.0 Å². The van der Waals surface area contributed by atoms with E-state index < -0.39 is 10.0 Å². The van der Waals surface area contributed by atoms with E-state index in [0.717, 1.165) is 34.9 Å². The van der Waals surface area contributed by atoms with Crippen LogP contribution in [0.4, 0.5) is 0 Å². The van der Waals surface area contributed by atoms with Crippen molar-refractivity contribution in [3.8, 4) is 0 Å². The fourth-order valence-corrected chi connectivity index (χ4v) is 4.89. The number of hydrogen-bond donors (Lipinski definition) is 2. The topological polar surface area (TPSA) is 72.2 Å². The predicted octanol–water partition coefficient (Wildman–Crippen LogP) is 2.89. The maximum absolute atomic E-state index is 12.6. The van der Waals surface area contributed by atoms with Crippen LogP contribution in [0.1, 0.15) is 30.4 Å². The summed E-state index contributed by atoms with van der Waals surface area (Å²) in [5.74, 6) is 0.252. The third-order valence-electron chi connectivity index (χ3n) is 4.01. The highest BCUT2D eigenvalue weighted by Gasteiger charge is 2.31. The average molecular weight is 398 g/mol. The van der Waals surface area contributed by atoms with Crippen LogP contribution in [0.5, 0.6) is 0 Å². The first-order chi connectivity index (χ1) is 9.35. The molecule has 2 atom stereocenters. The molecule has 2 rings (SSSR count). The van der Waals surface area contributed by atoms with Gasteiger partial charge in [-0.15, -0.1) is 12.4 Å². The maximum Gasteiger partial charge on any atom is 0.241 e. The van der Waals surface area contributed by atoms with Crippen molar-refractivity contribution in [3.05, 3.63) is 27.7 Å². The molecule has 0 amide bonds. The Balaban J connectivity index is 0.00000220. The van der Waals surface area contributed by atoms with Gasteiger partial charge >= 0.3 is 0 Å². The highest BCUT2D eigenvalue weighted by Crippen LogP contribution is 2.28. The predicted molar refractivity (Wildman–Crippen MR) is 91.4 cm³/mol. The van der Waals surface area contributed by atoms with Crippen LogP contribution < -0.4 is 10.5 Å². The molecule has 120 valence electrons. The minimum absolute atomic E-state index is 0. The molecule has 0 heterocycles. The van der Waals surface area contributed by atoms with Crippen molar-refractivity contribution in [1.29, 1.82) is 0 Å². The van der Waals surface area contributed by atoms with Crippen LogP contribution in [0, 0.1) is 19.8 Å². The van der Waals surface area contributed by atoms with Crippen LogP contribution in [0.2, 0.25) is 0 Å². The maximum atomic E-state index is 12.6. The number of sulfonamides is 1. The van der Waals surface area contributed by atoms with Crippen molar-refractivity contribution in [1.82, 2.24) is 4.72 Å². The third kappa shape index (κ3) is 4.20. The van der Waals surface area contributed by atoms with E-state index in [-0.39, 0.29) is 24.4 Å². The van der Waals surface area contributed by atoms with Crippen molar-refractivity contribution in [2.24, 2.45) is 11.7 Å². The molecule has 1 aliphatic carbocycles. The molecule has 0 aliphatic heterocycles. The van der Waals surface area contributed by atoms with Gasteiger partial charge in [-0.2, -0.15) is 0 Å². The molecule has 21 heavy (non-hydrogen) atoms. The van der Waals surface area contributed by atoms with Gasteiger partial charge in [-0.3, -0.25) is 0 Å². The second-order valence-corrected chi connectivity index (χ2v) is 8.06. The van der Waals surface area contributed by atoms with Crippen LogP contribution in [-0.4, -0.2) is 21.0 Å². The van der Waals surface area contributed by atoms with E-state index in [0.29, 0.717) is 11.4 Å². The summed E-state index contributed by atoms with van der Waals surface area (Å²) >= 11 is 3.42. The van der Waals surface area contributed by atoms with E-state index in [9.17, 15) is 8.42 Å². The van der Waals surface area contributed by atoms with Gasteiger partial charge in [0.25, 0.3) is 0 Å². The SMILES string of the molecule is Cc1cc(S(=O)(=O)NC2CCCC2CN)c(C)cc1Br.Cl. The summed E-state index contributed by atoms with van der Waals surface area (Å²) in [5, 5.41) is 0. The van der Waals surface area contributed by atoms with Gasteiger partial charge in [-0.05, 0) is 62.4 Å². The van der Waals surface area contributed by atoms with E-state index in [1.807, 2.05) is 19.9 Å². The summed E-state index contributed by atoms with van der Waals surface area (Å²) in [7, 11) is -3.48. The molecule has 1 aromatic rings. The molecule has 0 bridgehead atoms. The lowest BCUT2D eigenvalue weighted by molar-refractivity contribution is 0.452. The number of hydrogen-bond acceptors (Lipinski definition) is 3. The average Bonchev–Trinajstić information content (AvgIpc) is 2.80. The molecule has 4 nitrogen and oxygen atoms in total. The lowest BCUT2D eigenvalue weighted by Crippen LogP contribution is -2.40. The van der Waals surface area contributed by atoms with E-state index in [1.165, 1.54) is 0 Å². The number of benzene rings is 1. The van der Waals surface area contributed by atoms with Gasteiger partial charge in [0.1, 0.15) is 0 Å². The van der Waals surface area contributed by atoms with Crippen LogP contribution in [0.15, 0.2) is 21.5 Å². The summed E-state index contributed by atoms with van der Waals surface area (Å²) < 4.78 is 28.9. The molecular weight excluding hydrogens is 376 g/mol. The first-order valence-electron chi connectivity index (χ1n) is 6.84. The molecule has 7 heteroatoms. The largest absolute Gasteiger partial charge is 0.330 e. The Bertz CT molecular complexity index is 607. The minimum atomic E-state index is -3.48.